The molecule has 0 bridgehead atoms. The summed E-state index contributed by atoms with van der Waals surface area (Å²) in [5, 5.41) is 2.56. The maximum Gasteiger partial charge on any atom is 0.338 e. The maximum absolute atomic E-state index is 13.1. The van der Waals surface area contributed by atoms with Crippen molar-refractivity contribution in [3.05, 3.63) is 83.1 Å². The first-order chi connectivity index (χ1) is 15.9. The molecule has 2 heterocycles. The number of esters is 1. The fourth-order valence-corrected chi connectivity index (χ4v) is 3.67. The number of carbonyl (C=O) groups excluding carboxylic acids is 3. The van der Waals surface area contributed by atoms with Crippen LogP contribution in [0.3, 0.4) is 0 Å². The van der Waals surface area contributed by atoms with Crippen molar-refractivity contribution in [3.8, 4) is 11.3 Å². The zero-order valence-electron chi connectivity index (χ0n) is 18.0. The molecule has 0 unspecified atom stereocenters. The molecule has 7 nitrogen and oxygen atoms in total. The van der Waals surface area contributed by atoms with Gasteiger partial charge in [0.1, 0.15) is 17.1 Å². The maximum atomic E-state index is 13.1. The second-order valence-electron chi connectivity index (χ2n) is 7.26. The number of ether oxygens (including phenoxy) is 1. The molecule has 1 saturated heterocycles. The van der Waals surface area contributed by atoms with Crippen LogP contribution in [-0.2, 0) is 14.3 Å². The molecule has 0 aliphatic carbocycles. The highest BCUT2D eigenvalue weighted by molar-refractivity contribution is 7.80. The molecule has 0 radical (unpaired) electrons. The largest absolute Gasteiger partial charge is 0.462 e. The molecular formula is C25H20N2O5S. The van der Waals surface area contributed by atoms with Crippen molar-refractivity contribution in [2.45, 2.75) is 13.8 Å². The van der Waals surface area contributed by atoms with E-state index in [9.17, 15) is 14.4 Å². The van der Waals surface area contributed by atoms with Crippen LogP contribution in [0.2, 0.25) is 0 Å². The Bertz CT molecular complexity index is 1290. The number of thiocarbonyl (C=S) groups is 1. The van der Waals surface area contributed by atoms with Gasteiger partial charge >= 0.3 is 5.97 Å². The minimum absolute atomic E-state index is 0.00880. The van der Waals surface area contributed by atoms with Crippen LogP contribution in [0.5, 0.6) is 0 Å². The molecule has 0 atom stereocenters. The van der Waals surface area contributed by atoms with E-state index < -0.39 is 17.8 Å². The van der Waals surface area contributed by atoms with E-state index in [0.29, 0.717) is 22.6 Å². The van der Waals surface area contributed by atoms with Crippen LogP contribution in [0.1, 0.15) is 28.6 Å². The molecule has 2 amide bonds. The summed E-state index contributed by atoms with van der Waals surface area (Å²) in [4.78, 5) is 39.2. The molecule has 1 fully saturated rings. The van der Waals surface area contributed by atoms with Crippen LogP contribution < -0.4 is 10.2 Å². The summed E-state index contributed by atoms with van der Waals surface area (Å²) in [5.74, 6) is -0.955. The van der Waals surface area contributed by atoms with E-state index in [1.807, 2.05) is 19.1 Å². The van der Waals surface area contributed by atoms with Crippen LogP contribution in [0, 0.1) is 6.92 Å². The molecule has 0 saturated carbocycles. The third kappa shape index (κ3) is 4.47. The van der Waals surface area contributed by atoms with Gasteiger partial charge in [0, 0.05) is 5.56 Å². The number of furan rings is 1. The summed E-state index contributed by atoms with van der Waals surface area (Å²) in [6.07, 6.45) is 1.36. The van der Waals surface area contributed by atoms with Crippen molar-refractivity contribution in [2.75, 3.05) is 11.5 Å². The van der Waals surface area contributed by atoms with Crippen molar-refractivity contribution in [2.24, 2.45) is 0 Å². The van der Waals surface area contributed by atoms with Crippen molar-refractivity contribution in [3.63, 3.8) is 0 Å². The molecule has 1 aromatic heterocycles. The molecule has 1 N–H and O–H groups in total. The fourth-order valence-electron chi connectivity index (χ4n) is 3.39. The number of anilines is 1. The van der Waals surface area contributed by atoms with E-state index in [1.165, 1.54) is 11.0 Å². The Morgan fingerprint density at radius 2 is 1.82 bits per heavy atom. The second kappa shape index (κ2) is 9.22. The van der Waals surface area contributed by atoms with Gasteiger partial charge in [-0.05, 0) is 62.5 Å². The molecular weight excluding hydrogens is 440 g/mol. The Labute approximate surface area is 195 Å². The monoisotopic (exact) mass is 460 g/mol. The lowest BCUT2D eigenvalue weighted by Gasteiger charge is -2.28. The summed E-state index contributed by atoms with van der Waals surface area (Å²) in [5.41, 5.74) is 2.35. The Balaban J connectivity index is 1.67. The predicted molar refractivity (Wildman–Crippen MR) is 127 cm³/mol. The predicted octanol–water partition coefficient (Wildman–Crippen LogP) is 4.26. The average molecular weight is 461 g/mol. The minimum Gasteiger partial charge on any atom is -0.462 e. The van der Waals surface area contributed by atoms with Gasteiger partial charge < -0.3 is 9.15 Å². The van der Waals surface area contributed by atoms with E-state index in [1.54, 1.807) is 55.5 Å². The van der Waals surface area contributed by atoms with Gasteiger partial charge in [-0.25, -0.2) is 4.79 Å². The second-order valence-corrected chi connectivity index (χ2v) is 7.65. The standard InChI is InChI=1S/C25H20N2O5S/c1-3-31-24(30)19-7-5-4-6-18(19)21-13-12-17(32-21)14-20-22(28)26-25(33)27(23(20)29)16-10-8-15(2)9-11-16/h4-14H,3H2,1-2H3,(H,26,28,33)/b20-14-. The van der Waals surface area contributed by atoms with Gasteiger partial charge in [0.15, 0.2) is 5.11 Å². The summed E-state index contributed by atoms with van der Waals surface area (Å²) < 4.78 is 11.0. The molecule has 1 aliphatic rings. The first kappa shape index (κ1) is 22.2. The lowest BCUT2D eigenvalue weighted by atomic mass is 10.1. The first-order valence-corrected chi connectivity index (χ1v) is 10.6. The van der Waals surface area contributed by atoms with Crippen molar-refractivity contribution in [1.82, 2.24) is 5.32 Å². The van der Waals surface area contributed by atoms with Gasteiger partial charge in [-0.1, -0.05) is 35.9 Å². The molecule has 4 rings (SSSR count). The van der Waals surface area contributed by atoms with Crippen molar-refractivity contribution in [1.29, 1.82) is 0 Å². The zero-order chi connectivity index (χ0) is 23.5. The van der Waals surface area contributed by atoms with E-state index in [4.69, 9.17) is 21.4 Å². The molecule has 2 aromatic carbocycles. The molecule has 3 aromatic rings. The lowest BCUT2D eigenvalue weighted by Crippen LogP contribution is -2.54. The number of aryl methyl sites for hydroxylation is 1. The number of hydrogen-bond acceptors (Lipinski definition) is 6. The van der Waals surface area contributed by atoms with E-state index in [2.05, 4.69) is 5.32 Å². The summed E-state index contributed by atoms with van der Waals surface area (Å²) in [6.45, 7) is 3.91. The van der Waals surface area contributed by atoms with Crippen LogP contribution in [0.4, 0.5) is 5.69 Å². The van der Waals surface area contributed by atoms with Gasteiger partial charge in [-0.15, -0.1) is 0 Å². The highest BCUT2D eigenvalue weighted by Gasteiger charge is 2.34. The average Bonchev–Trinajstić information content (AvgIpc) is 3.26. The Kier molecular flexibility index (Phi) is 6.19. The first-order valence-electron chi connectivity index (χ1n) is 10.2. The number of hydrogen-bond donors (Lipinski definition) is 1. The van der Waals surface area contributed by atoms with E-state index in [0.717, 1.165) is 5.56 Å². The van der Waals surface area contributed by atoms with E-state index >= 15 is 0 Å². The Morgan fingerprint density at radius 3 is 2.55 bits per heavy atom. The van der Waals surface area contributed by atoms with Crippen LogP contribution in [0.25, 0.3) is 17.4 Å². The highest BCUT2D eigenvalue weighted by atomic mass is 32.1. The van der Waals surface area contributed by atoms with Crippen molar-refractivity contribution < 1.29 is 23.5 Å². The van der Waals surface area contributed by atoms with Gasteiger partial charge in [0.25, 0.3) is 11.8 Å². The third-order valence-corrected chi connectivity index (χ3v) is 5.28. The molecule has 1 aliphatic heterocycles. The summed E-state index contributed by atoms with van der Waals surface area (Å²) in [6, 6.07) is 17.4. The topological polar surface area (TPSA) is 88.9 Å². The van der Waals surface area contributed by atoms with Crippen LogP contribution in [-0.4, -0.2) is 29.5 Å². The number of rotatable bonds is 5. The zero-order valence-corrected chi connectivity index (χ0v) is 18.8. The number of benzene rings is 2. The van der Waals surface area contributed by atoms with E-state index in [-0.39, 0.29) is 23.1 Å². The van der Waals surface area contributed by atoms with Gasteiger partial charge in [0.2, 0.25) is 0 Å². The summed E-state index contributed by atoms with van der Waals surface area (Å²) in [7, 11) is 0. The number of nitrogens with one attached hydrogen (secondary N) is 1. The Morgan fingerprint density at radius 1 is 1.09 bits per heavy atom. The highest BCUT2D eigenvalue weighted by Crippen LogP contribution is 2.28. The van der Waals surface area contributed by atoms with Gasteiger partial charge in [-0.2, -0.15) is 0 Å². The fraction of sp³-hybridized carbons (Fsp3) is 0.120. The number of amides is 2. The molecule has 33 heavy (non-hydrogen) atoms. The molecule has 0 spiro atoms. The third-order valence-electron chi connectivity index (χ3n) is 5.00. The summed E-state index contributed by atoms with van der Waals surface area (Å²) >= 11 is 5.22. The molecule has 166 valence electrons. The molecule has 8 heteroatoms. The minimum atomic E-state index is -0.613. The van der Waals surface area contributed by atoms with Crippen LogP contribution in [0.15, 0.2) is 70.7 Å². The number of carbonyl (C=O) groups is 3. The number of nitrogens with zero attached hydrogens (tertiary/aromatic N) is 1. The van der Waals surface area contributed by atoms with Gasteiger partial charge in [-0.3, -0.25) is 19.8 Å². The normalized spacial score (nSPS) is 15.0. The Hall–Kier alpha value is -4.04. The smallest absolute Gasteiger partial charge is 0.338 e. The SMILES string of the molecule is CCOC(=O)c1ccccc1-c1ccc(/C=C2/C(=O)NC(=S)N(c3ccc(C)cc3)C2=O)o1. The van der Waals surface area contributed by atoms with Crippen LogP contribution >= 0.6 is 12.2 Å². The lowest BCUT2D eigenvalue weighted by molar-refractivity contribution is -0.122. The van der Waals surface area contributed by atoms with Gasteiger partial charge in [0.05, 0.1) is 17.9 Å². The quantitative estimate of drug-likeness (QED) is 0.265. The van der Waals surface area contributed by atoms with Crippen molar-refractivity contribution >= 4 is 46.9 Å².